The second-order valence-corrected chi connectivity index (χ2v) is 7.58. The molecule has 3 aromatic rings. The highest BCUT2D eigenvalue weighted by Gasteiger charge is 2.07. The van der Waals surface area contributed by atoms with Crippen LogP contribution in [0.2, 0.25) is 0 Å². The van der Waals surface area contributed by atoms with Crippen molar-refractivity contribution < 1.29 is 14.3 Å². The maximum absolute atomic E-state index is 12.1. The molecule has 1 aromatic heterocycles. The van der Waals surface area contributed by atoms with Crippen molar-refractivity contribution in [3.63, 3.8) is 0 Å². The number of aryl methyl sites for hydroxylation is 1. The van der Waals surface area contributed by atoms with Gasteiger partial charge in [-0.15, -0.1) is 23.1 Å². The summed E-state index contributed by atoms with van der Waals surface area (Å²) >= 11 is 3.36. The van der Waals surface area contributed by atoms with Crippen LogP contribution >= 0.6 is 23.1 Å². The molecule has 0 aliphatic heterocycles. The summed E-state index contributed by atoms with van der Waals surface area (Å²) in [5.74, 6) is 1.25. The minimum atomic E-state index is -0.340. The molecule has 3 rings (SSSR count). The molecule has 134 valence electrons. The van der Waals surface area contributed by atoms with Gasteiger partial charge in [-0.2, -0.15) is 0 Å². The van der Waals surface area contributed by atoms with E-state index in [1.807, 2.05) is 49.4 Å². The summed E-state index contributed by atoms with van der Waals surface area (Å²) in [7, 11) is 0. The Morgan fingerprint density at radius 3 is 2.54 bits per heavy atom. The van der Waals surface area contributed by atoms with Crippen molar-refractivity contribution in [2.24, 2.45) is 0 Å². The van der Waals surface area contributed by atoms with Gasteiger partial charge in [0.05, 0.1) is 16.3 Å². The molecule has 1 heterocycles. The number of carbonyl (C=O) groups is 1. The number of aromatic nitrogens is 1. The number of ether oxygens (including phenoxy) is 2. The van der Waals surface area contributed by atoms with Gasteiger partial charge >= 0.3 is 5.97 Å². The largest absolute Gasteiger partial charge is 0.490 e. The number of esters is 1. The molecule has 0 unspecified atom stereocenters. The predicted molar refractivity (Wildman–Crippen MR) is 105 cm³/mol. The van der Waals surface area contributed by atoms with Gasteiger partial charge in [-0.25, -0.2) is 9.78 Å². The fourth-order valence-corrected chi connectivity index (χ4v) is 3.72. The summed E-state index contributed by atoms with van der Waals surface area (Å²) in [5, 5.41) is 3.15. The van der Waals surface area contributed by atoms with Gasteiger partial charge < -0.3 is 9.47 Å². The van der Waals surface area contributed by atoms with Gasteiger partial charge in [-0.05, 0) is 43.3 Å². The summed E-state index contributed by atoms with van der Waals surface area (Å²) in [6.45, 7) is 2.55. The molecule has 0 bridgehead atoms. The summed E-state index contributed by atoms with van der Waals surface area (Å²) in [6, 6.07) is 16.9. The first kappa shape index (κ1) is 18.5. The Labute approximate surface area is 161 Å². The average molecular weight is 386 g/mol. The van der Waals surface area contributed by atoms with Gasteiger partial charge in [0.2, 0.25) is 0 Å². The number of carbonyl (C=O) groups excluding carboxylic acids is 1. The highest BCUT2D eigenvalue weighted by molar-refractivity contribution is 7.98. The summed E-state index contributed by atoms with van der Waals surface area (Å²) in [5.41, 5.74) is 1.62. The predicted octanol–water partition coefficient (Wildman–Crippen LogP) is 4.98. The van der Waals surface area contributed by atoms with E-state index in [0.717, 1.165) is 27.1 Å². The Morgan fingerprint density at radius 1 is 1.08 bits per heavy atom. The average Bonchev–Trinajstić information content (AvgIpc) is 3.10. The molecule has 0 N–H and O–H groups in total. The van der Waals surface area contributed by atoms with E-state index in [0.29, 0.717) is 12.2 Å². The van der Waals surface area contributed by atoms with Crippen molar-refractivity contribution in [1.82, 2.24) is 4.98 Å². The van der Waals surface area contributed by atoms with Crippen LogP contribution < -0.4 is 4.74 Å². The third-order valence-electron chi connectivity index (χ3n) is 3.47. The van der Waals surface area contributed by atoms with Crippen LogP contribution in [0.4, 0.5) is 0 Å². The lowest BCUT2D eigenvalue weighted by Gasteiger charge is -2.07. The Bertz CT molecular complexity index is 832. The molecular weight excluding hydrogens is 366 g/mol. The molecule has 0 aliphatic rings. The van der Waals surface area contributed by atoms with Gasteiger partial charge in [-0.3, -0.25) is 0 Å². The molecule has 0 amide bonds. The van der Waals surface area contributed by atoms with Crippen LogP contribution in [0.15, 0.2) is 64.9 Å². The first-order chi connectivity index (χ1) is 12.7. The number of thioether (sulfide) groups is 1. The van der Waals surface area contributed by atoms with Crippen LogP contribution in [0.1, 0.15) is 21.1 Å². The number of hydrogen-bond donors (Lipinski definition) is 0. The van der Waals surface area contributed by atoms with Crippen LogP contribution in [0.5, 0.6) is 5.75 Å². The number of para-hydroxylation sites is 1. The fourth-order valence-electron chi connectivity index (χ4n) is 2.21. The maximum Gasteiger partial charge on any atom is 0.338 e. The molecule has 26 heavy (non-hydrogen) atoms. The van der Waals surface area contributed by atoms with Crippen LogP contribution in [0.3, 0.4) is 0 Å². The Hall–Kier alpha value is -2.31. The van der Waals surface area contributed by atoms with Crippen LogP contribution in [0.25, 0.3) is 0 Å². The number of hydrogen-bond acceptors (Lipinski definition) is 6. The zero-order chi connectivity index (χ0) is 18.2. The van der Waals surface area contributed by atoms with Gasteiger partial charge in [-0.1, -0.05) is 18.2 Å². The second-order valence-electron chi connectivity index (χ2n) is 5.47. The van der Waals surface area contributed by atoms with Gasteiger partial charge in [0.25, 0.3) is 0 Å². The standard InChI is InChI=1S/C20H19NO3S2/c1-15-21-17(13-25-15)14-26-19-9-7-16(8-10-19)20(22)24-12-11-23-18-5-3-2-4-6-18/h2-10,13H,11-12,14H2,1H3. The van der Waals surface area contributed by atoms with Crippen LogP contribution in [-0.2, 0) is 10.5 Å². The van der Waals surface area contributed by atoms with E-state index in [-0.39, 0.29) is 12.6 Å². The third kappa shape index (κ3) is 5.61. The van der Waals surface area contributed by atoms with Crippen molar-refractivity contribution in [2.75, 3.05) is 13.2 Å². The van der Waals surface area contributed by atoms with E-state index in [9.17, 15) is 4.79 Å². The number of thiazole rings is 1. The minimum absolute atomic E-state index is 0.216. The highest BCUT2D eigenvalue weighted by atomic mass is 32.2. The van der Waals surface area contributed by atoms with E-state index in [2.05, 4.69) is 10.4 Å². The van der Waals surface area contributed by atoms with Crippen LogP contribution in [-0.4, -0.2) is 24.2 Å². The smallest absolute Gasteiger partial charge is 0.338 e. The zero-order valence-electron chi connectivity index (χ0n) is 14.4. The lowest BCUT2D eigenvalue weighted by Crippen LogP contribution is -2.12. The molecular formula is C20H19NO3S2. The van der Waals surface area contributed by atoms with E-state index in [1.165, 1.54) is 0 Å². The molecule has 4 nitrogen and oxygen atoms in total. The second kappa shape index (κ2) is 9.40. The number of nitrogens with zero attached hydrogens (tertiary/aromatic N) is 1. The monoisotopic (exact) mass is 385 g/mol. The van der Waals surface area contributed by atoms with E-state index >= 15 is 0 Å². The SMILES string of the molecule is Cc1nc(CSc2ccc(C(=O)OCCOc3ccccc3)cc2)cs1. The molecule has 0 saturated heterocycles. The topological polar surface area (TPSA) is 48.4 Å². The Balaban J connectivity index is 1.41. The lowest BCUT2D eigenvalue weighted by atomic mass is 10.2. The summed E-state index contributed by atoms with van der Waals surface area (Å²) in [6.07, 6.45) is 0. The molecule has 2 aromatic carbocycles. The Kier molecular flexibility index (Phi) is 6.68. The normalized spacial score (nSPS) is 10.5. The molecule has 0 atom stereocenters. The highest BCUT2D eigenvalue weighted by Crippen LogP contribution is 2.24. The molecule has 0 spiro atoms. The van der Waals surface area contributed by atoms with E-state index < -0.39 is 0 Å². The molecule has 0 aliphatic carbocycles. The van der Waals surface area contributed by atoms with E-state index in [4.69, 9.17) is 9.47 Å². The van der Waals surface area contributed by atoms with E-state index in [1.54, 1.807) is 35.2 Å². The van der Waals surface area contributed by atoms with Gasteiger partial charge in [0.15, 0.2) is 0 Å². The third-order valence-corrected chi connectivity index (χ3v) is 5.34. The fraction of sp³-hybridized carbons (Fsp3) is 0.200. The van der Waals surface area contributed by atoms with Gasteiger partial charge in [0.1, 0.15) is 19.0 Å². The van der Waals surface area contributed by atoms with Crippen molar-refractivity contribution in [1.29, 1.82) is 0 Å². The summed E-state index contributed by atoms with van der Waals surface area (Å²) < 4.78 is 10.7. The maximum atomic E-state index is 12.1. The first-order valence-corrected chi connectivity index (χ1v) is 10.1. The number of rotatable bonds is 8. The quantitative estimate of drug-likeness (QED) is 0.311. The summed E-state index contributed by atoms with van der Waals surface area (Å²) in [4.78, 5) is 17.6. The molecule has 0 fully saturated rings. The number of benzene rings is 2. The Morgan fingerprint density at radius 2 is 1.85 bits per heavy atom. The molecule has 0 radical (unpaired) electrons. The minimum Gasteiger partial charge on any atom is -0.490 e. The first-order valence-electron chi connectivity index (χ1n) is 8.19. The van der Waals surface area contributed by atoms with Crippen molar-refractivity contribution in [2.45, 2.75) is 17.6 Å². The zero-order valence-corrected chi connectivity index (χ0v) is 16.0. The molecule has 6 heteroatoms. The van der Waals surface area contributed by atoms with Crippen molar-refractivity contribution in [3.05, 3.63) is 76.2 Å². The lowest BCUT2D eigenvalue weighted by molar-refractivity contribution is 0.0450. The molecule has 0 saturated carbocycles. The van der Waals surface area contributed by atoms with Crippen LogP contribution in [0, 0.1) is 6.92 Å². The van der Waals surface area contributed by atoms with Gasteiger partial charge in [0, 0.05) is 16.0 Å². The van der Waals surface area contributed by atoms with Crippen molar-refractivity contribution >= 4 is 29.1 Å². The van der Waals surface area contributed by atoms with Crippen molar-refractivity contribution in [3.8, 4) is 5.75 Å².